The Morgan fingerprint density at radius 1 is 0.867 bits per heavy atom. The average Bonchev–Trinajstić information content (AvgIpc) is 2.76. The van der Waals surface area contributed by atoms with Crippen LogP contribution in [0.1, 0.15) is 36.5 Å². The van der Waals surface area contributed by atoms with E-state index in [-0.39, 0.29) is 5.56 Å². The minimum absolute atomic E-state index is 0.00943. The van der Waals surface area contributed by atoms with E-state index in [1.165, 1.54) is 5.56 Å². The molecular formula is C27H27NO2. The van der Waals surface area contributed by atoms with Gasteiger partial charge in [-0.3, -0.25) is 4.79 Å². The van der Waals surface area contributed by atoms with Crippen molar-refractivity contribution < 1.29 is 4.74 Å². The second-order valence-electron chi connectivity index (χ2n) is 8.03. The normalized spacial score (nSPS) is 11.2. The molecule has 4 aromatic rings. The van der Waals surface area contributed by atoms with Crippen molar-refractivity contribution in [3.8, 4) is 17.0 Å². The number of aryl methyl sites for hydroxylation is 1. The van der Waals surface area contributed by atoms with Crippen molar-refractivity contribution in [3.63, 3.8) is 0 Å². The Kier molecular flexibility index (Phi) is 5.45. The lowest BCUT2D eigenvalue weighted by Crippen LogP contribution is -2.21. The van der Waals surface area contributed by atoms with Gasteiger partial charge in [-0.05, 0) is 41.5 Å². The summed E-state index contributed by atoms with van der Waals surface area (Å²) < 4.78 is 8.14. The molecule has 3 heteroatoms. The fraction of sp³-hybridized carbons (Fsp3) is 0.222. The molecule has 0 radical (unpaired) electrons. The molecule has 0 aliphatic heterocycles. The molecule has 0 aliphatic rings. The van der Waals surface area contributed by atoms with Gasteiger partial charge in [-0.25, -0.2) is 0 Å². The number of ether oxygens (including phenoxy) is 1. The fourth-order valence-electron chi connectivity index (χ4n) is 4.11. The van der Waals surface area contributed by atoms with Crippen LogP contribution in [0.5, 0.6) is 5.75 Å². The highest BCUT2D eigenvalue weighted by Gasteiger charge is 2.18. The quantitative estimate of drug-likeness (QED) is 0.400. The van der Waals surface area contributed by atoms with E-state index < -0.39 is 0 Å². The van der Waals surface area contributed by atoms with Crippen LogP contribution in [0.25, 0.3) is 22.0 Å². The predicted octanol–water partition coefficient (Wildman–Crippen LogP) is 6.22. The van der Waals surface area contributed by atoms with Crippen LogP contribution in [0.15, 0.2) is 77.6 Å². The molecule has 0 N–H and O–H groups in total. The van der Waals surface area contributed by atoms with Crippen LogP contribution in [0.2, 0.25) is 0 Å². The summed E-state index contributed by atoms with van der Waals surface area (Å²) in [5.74, 6) is 1.26. The van der Waals surface area contributed by atoms with Crippen molar-refractivity contribution in [2.24, 2.45) is 7.05 Å². The van der Waals surface area contributed by atoms with Crippen molar-refractivity contribution in [3.05, 3.63) is 99.8 Å². The monoisotopic (exact) mass is 397 g/mol. The number of nitrogens with zero attached hydrogens (tertiary/aromatic N) is 1. The van der Waals surface area contributed by atoms with Crippen molar-refractivity contribution in [2.45, 2.75) is 33.3 Å². The minimum Gasteiger partial charge on any atom is -0.489 e. The first-order chi connectivity index (χ1) is 14.5. The zero-order valence-electron chi connectivity index (χ0n) is 18.0. The molecule has 1 heterocycles. The minimum atomic E-state index is 0.00943. The highest BCUT2D eigenvalue weighted by atomic mass is 16.5. The maximum absolute atomic E-state index is 13.1. The lowest BCUT2D eigenvalue weighted by Gasteiger charge is -2.20. The lowest BCUT2D eigenvalue weighted by atomic mass is 9.96. The van der Waals surface area contributed by atoms with Crippen molar-refractivity contribution in [1.82, 2.24) is 4.57 Å². The Balaban J connectivity index is 1.92. The van der Waals surface area contributed by atoms with Gasteiger partial charge in [-0.1, -0.05) is 74.5 Å². The van der Waals surface area contributed by atoms with Gasteiger partial charge in [0.25, 0.3) is 5.56 Å². The molecule has 0 spiro atoms. The third-order valence-electron chi connectivity index (χ3n) is 5.72. The summed E-state index contributed by atoms with van der Waals surface area (Å²) in [6.45, 7) is 6.81. The van der Waals surface area contributed by atoms with E-state index in [4.69, 9.17) is 4.74 Å². The molecule has 0 bridgehead atoms. The van der Waals surface area contributed by atoms with E-state index in [0.29, 0.717) is 17.9 Å². The predicted molar refractivity (Wildman–Crippen MR) is 124 cm³/mol. The second-order valence-corrected chi connectivity index (χ2v) is 8.03. The van der Waals surface area contributed by atoms with Gasteiger partial charge in [0, 0.05) is 23.6 Å². The molecule has 0 saturated carbocycles. The first-order valence-electron chi connectivity index (χ1n) is 10.4. The van der Waals surface area contributed by atoms with Crippen LogP contribution in [0, 0.1) is 6.92 Å². The Hall–Kier alpha value is -3.33. The van der Waals surface area contributed by atoms with Gasteiger partial charge in [0.15, 0.2) is 0 Å². The molecule has 0 atom stereocenters. The summed E-state index contributed by atoms with van der Waals surface area (Å²) in [5, 5.41) is 1.66. The van der Waals surface area contributed by atoms with Crippen molar-refractivity contribution in [2.75, 3.05) is 0 Å². The Morgan fingerprint density at radius 3 is 2.23 bits per heavy atom. The molecule has 1 aromatic heterocycles. The fourth-order valence-corrected chi connectivity index (χ4v) is 4.11. The average molecular weight is 398 g/mol. The van der Waals surface area contributed by atoms with Crippen LogP contribution in [0.3, 0.4) is 0 Å². The van der Waals surface area contributed by atoms with E-state index >= 15 is 0 Å². The summed E-state index contributed by atoms with van der Waals surface area (Å²) in [6, 6.07) is 24.2. The number of rotatable bonds is 5. The number of fused-ring (bicyclic) bond motifs is 1. The van der Waals surface area contributed by atoms with Crippen LogP contribution in [-0.4, -0.2) is 4.57 Å². The Bertz CT molecular complexity index is 1270. The SMILES string of the molecule is Cc1ccccc1-c1c(COc2ccccc2C(C)C)c2ccccc2c(=O)n1C. The standard InChI is InChI=1S/C27H27NO2/c1-18(2)20-12-9-10-16-25(20)30-17-24-22-14-7-8-15-23(22)27(29)28(4)26(24)21-13-6-5-11-19(21)3/h5-16,18H,17H2,1-4H3. The molecule has 0 fully saturated rings. The summed E-state index contributed by atoms with van der Waals surface area (Å²) in [7, 11) is 1.85. The Labute approximate surface area is 177 Å². The molecule has 152 valence electrons. The zero-order valence-corrected chi connectivity index (χ0v) is 18.0. The van der Waals surface area contributed by atoms with Gasteiger partial charge in [0.1, 0.15) is 12.4 Å². The number of hydrogen-bond donors (Lipinski definition) is 0. The zero-order chi connectivity index (χ0) is 21.3. The highest BCUT2D eigenvalue weighted by Crippen LogP contribution is 2.32. The van der Waals surface area contributed by atoms with Crippen LogP contribution in [-0.2, 0) is 13.7 Å². The second kappa shape index (κ2) is 8.19. The maximum atomic E-state index is 13.1. The topological polar surface area (TPSA) is 31.2 Å². The van der Waals surface area contributed by atoms with E-state index in [0.717, 1.165) is 33.5 Å². The van der Waals surface area contributed by atoms with Crippen LogP contribution >= 0.6 is 0 Å². The van der Waals surface area contributed by atoms with Gasteiger partial charge < -0.3 is 9.30 Å². The lowest BCUT2D eigenvalue weighted by molar-refractivity contribution is 0.303. The molecule has 30 heavy (non-hydrogen) atoms. The number of para-hydroxylation sites is 1. The number of benzene rings is 3. The van der Waals surface area contributed by atoms with E-state index in [1.807, 2.05) is 61.6 Å². The van der Waals surface area contributed by atoms with Crippen LogP contribution < -0.4 is 10.3 Å². The van der Waals surface area contributed by atoms with Gasteiger partial charge in [0.05, 0.1) is 5.69 Å². The summed E-state index contributed by atoms with van der Waals surface area (Å²) >= 11 is 0. The molecule has 4 rings (SSSR count). The molecule has 3 nitrogen and oxygen atoms in total. The molecule has 0 amide bonds. The van der Waals surface area contributed by atoms with Gasteiger partial charge >= 0.3 is 0 Å². The molecular weight excluding hydrogens is 370 g/mol. The molecule has 3 aromatic carbocycles. The number of aromatic nitrogens is 1. The van der Waals surface area contributed by atoms with Gasteiger partial charge in [0.2, 0.25) is 0 Å². The van der Waals surface area contributed by atoms with Gasteiger partial charge in [-0.15, -0.1) is 0 Å². The van der Waals surface area contributed by atoms with Crippen molar-refractivity contribution in [1.29, 1.82) is 0 Å². The van der Waals surface area contributed by atoms with Crippen LogP contribution in [0.4, 0.5) is 0 Å². The third kappa shape index (κ3) is 3.52. The van der Waals surface area contributed by atoms with Gasteiger partial charge in [-0.2, -0.15) is 0 Å². The summed E-state index contributed by atoms with van der Waals surface area (Å²) in [4.78, 5) is 13.1. The van der Waals surface area contributed by atoms with Crippen molar-refractivity contribution >= 4 is 10.8 Å². The first-order valence-corrected chi connectivity index (χ1v) is 10.4. The smallest absolute Gasteiger partial charge is 0.258 e. The molecule has 0 unspecified atom stereocenters. The largest absolute Gasteiger partial charge is 0.489 e. The Morgan fingerprint density at radius 2 is 1.50 bits per heavy atom. The van der Waals surface area contributed by atoms with E-state index in [1.54, 1.807) is 4.57 Å². The highest BCUT2D eigenvalue weighted by molar-refractivity contribution is 5.90. The van der Waals surface area contributed by atoms with E-state index in [9.17, 15) is 4.79 Å². The number of hydrogen-bond acceptors (Lipinski definition) is 2. The van der Waals surface area contributed by atoms with E-state index in [2.05, 4.69) is 39.0 Å². The maximum Gasteiger partial charge on any atom is 0.258 e. The third-order valence-corrected chi connectivity index (χ3v) is 5.72. The summed E-state index contributed by atoms with van der Waals surface area (Å²) in [5.41, 5.74) is 5.32. The molecule has 0 saturated heterocycles. The molecule has 0 aliphatic carbocycles. The first kappa shape index (κ1) is 20.0. The number of pyridine rings is 1. The summed E-state index contributed by atoms with van der Waals surface area (Å²) in [6.07, 6.45) is 0.